The van der Waals surface area contributed by atoms with Gasteiger partial charge in [0.05, 0.1) is 18.9 Å². The molecule has 0 unspecified atom stereocenters. The SMILES string of the molecule is COC[C@@H]1CCCN1C(=O)c1ccco1. The molecule has 1 amide bonds. The highest BCUT2D eigenvalue weighted by atomic mass is 16.5. The first-order valence-electron chi connectivity index (χ1n) is 5.16. The minimum absolute atomic E-state index is 0.0282. The third kappa shape index (κ3) is 2.04. The third-order valence-corrected chi connectivity index (χ3v) is 2.73. The molecular formula is C11H15NO3. The van der Waals surface area contributed by atoms with E-state index >= 15 is 0 Å². The van der Waals surface area contributed by atoms with Gasteiger partial charge in [0.25, 0.3) is 5.91 Å². The maximum absolute atomic E-state index is 12.0. The standard InChI is InChI=1S/C11H15NO3/c1-14-8-9-4-2-6-12(9)11(13)10-5-3-7-15-10/h3,5,7,9H,2,4,6,8H2,1H3/t9-/m0/s1. The summed E-state index contributed by atoms with van der Waals surface area (Å²) in [7, 11) is 1.66. The molecule has 1 fully saturated rings. The van der Waals surface area contributed by atoms with Crippen molar-refractivity contribution in [2.75, 3.05) is 20.3 Å². The molecule has 15 heavy (non-hydrogen) atoms. The van der Waals surface area contributed by atoms with Crippen molar-refractivity contribution in [2.24, 2.45) is 0 Å². The molecule has 0 bridgehead atoms. The lowest BCUT2D eigenvalue weighted by atomic mass is 10.2. The topological polar surface area (TPSA) is 42.7 Å². The highest BCUT2D eigenvalue weighted by Gasteiger charge is 2.30. The summed E-state index contributed by atoms with van der Waals surface area (Å²) in [6, 6.07) is 3.63. The Bertz CT molecular complexity index is 321. The van der Waals surface area contributed by atoms with Gasteiger partial charge in [0.15, 0.2) is 5.76 Å². The number of amides is 1. The molecule has 0 radical (unpaired) electrons. The molecule has 1 aromatic heterocycles. The van der Waals surface area contributed by atoms with Crippen molar-refractivity contribution < 1.29 is 13.9 Å². The Morgan fingerprint density at radius 1 is 1.73 bits per heavy atom. The molecule has 1 saturated heterocycles. The molecule has 82 valence electrons. The van der Waals surface area contributed by atoms with Crippen LogP contribution < -0.4 is 0 Å². The fourth-order valence-electron chi connectivity index (χ4n) is 2.01. The fourth-order valence-corrected chi connectivity index (χ4v) is 2.01. The number of methoxy groups -OCH3 is 1. The van der Waals surface area contributed by atoms with E-state index in [1.807, 2.05) is 4.90 Å². The maximum atomic E-state index is 12.0. The van der Waals surface area contributed by atoms with Crippen LogP contribution >= 0.6 is 0 Å². The molecule has 1 aromatic rings. The van der Waals surface area contributed by atoms with Gasteiger partial charge in [0.1, 0.15) is 0 Å². The number of ether oxygens (including phenoxy) is 1. The van der Waals surface area contributed by atoms with E-state index in [1.54, 1.807) is 19.2 Å². The van der Waals surface area contributed by atoms with E-state index in [-0.39, 0.29) is 11.9 Å². The highest BCUT2D eigenvalue weighted by molar-refractivity contribution is 5.91. The van der Waals surface area contributed by atoms with Crippen molar-refractivity contribution in [1.82, 2.24) is 4.90 Å². The number of hydrogen-bond donors (Lipinski definition) is 0. The second-order valence-corrected chi connectivity index (χ2v) is 3.73. The zero-order chi connectivity index (χ0) is 10.7. The number of furan rings is 1. The van der Waals surface area contributed by atoms with Crippen molar-refractivity contribution in [3.05, 3.63) is 24.2 Å². The molecule has 2 rings (SSSR count). The highest BCUT2D eigenvalue weighted by Crippen LogP contribution is 2.20. The van der Waals surface area contributed by atoms with E-state index in [0.717, 1.165) is 19.4 Å². The monoisotopic (exact) mass is 209 g/mol. The Kier molecular flexibility index (Phi) is 3.06. The van der Waals surface area contributed by atoms with Crippen LogP contribution in [0.2, 0.25) is 0 Å². The number of rotatable bonds is 3. The summed E-state index contributed by atoms with van der Waals surface area (Å²) in [5.74, 6) is 0.387. The Morgan fingerprint density at radius 3 is 3.27 bits per heavy atom. The summed E-state index contributed by atoms with van der Waals surface area (Å²) in [6.45, 7) is 1.40. The second kappa shape index (κ2) is 4.49. The predicted octanol–water partition coefficient (Wildman–Crippen LogP) is 1.53. The fraction of sp³-hybridized carbons (Fsp3) is 0.545. The zero-order valence-electron chi connectivity index (χ0n) is 8.81. The Balaban J connectivity index is 2.06. The van der Waals surface area contributed by atoms with Gasteiger partial charge in [0, 0.05) is 13.7 Å². The lowest BCUT2D eigenvalue weighted by molar-refractivity contribution is 0.0601. The minimum atomic E-state index is -0.0282. The van der Waals surface area contributed by atoms with Crippen LogP contribution in [0.5, 0.6) is 0 Å². The van der Waals surface area contributed by atoms with E-state index in [9.17, 15) is 4.79 Å². The lowest BCUT2D eigenvalue weighted by Gasteiger charge is -2.22. The Morgan fingerprint density at radius 2 is 2.60 bits per heavy atom. The van der Waals surface area contributed by atoms with Gasteiger partial charge in [-0.2, -0.15) is 0 Å². The molecule has 4 nitrogen and oxygen atoms in total. The van der Waals surface area contributed by atoms with Crippen LogP contribution in [0.15, 0.2) is 22.8 Å². The van der Waals surface area contributed by atoms with Crippen LogP contribution in [0.25, 0.3) is 0 Å². The first kappa shape index (κ1) is 10.2. The molecule has 4 heteroatoms. The van der Waals surface area contributed by atoms with Crippen molar-refractivity contribution in [2.45, 2.75) is 18.9 Å². The predicted molar refractivity (Wildman–Crippen MR) is 54.6 cm³/mol. The molecule has 1 aliphatic heterocycles. The van der Waals surface area contributed by atoms with Gasteiger partial charge in [-0.05, 0) is 25.0 Å². The van der Waals surface area contributed by atoms with E-state index in [1.165, 1.54) is 6.26 Å². The van der Waals surface area contributed by atoms with Gasteiger partial charge >= 0.3 is 0 Å². The number of hydrogen-bond acceptors (Lipinski definition) is 3. The molecule has 2 heterocycles. The first-order valence-corrected chi connectivity index (χ1v) is 5.16. The smallest absolute Gasteiger partial charge is 0.289 e. The van der Waals surface area contributed by atoms with Crippen molar-refractivity contribution in [3.63, 3.8) is 0 Å². The number of carbonyl (C=O) groups is 1. The van der Waals surface area contributed by atoms with Gasteiger partial charge in [-0.1, -0.05) is 0 Å². The number of carbonyl (C=O) groups excluding carboxylic acids is 1. The molecular weight excluding hydrogens is 194 g/mol. The average Bonchev–Trinajstić information content (AvgIpc) is 2.87. The zero-order valence-corrected chi connectivity index (χ0v) is 8.81. The lowest BCUT2D eigenvalue weighted by Crippen LogP contribution is -2.37. The summed E-state index contributed by atoms with van der Waals surface area (Å²) in [5.41, 5.74) is 0. The first-order chi connectivity index (χ1) is 7.33. The van der Waals surface area contributed by atoms with Crippen molar-refractivity contribution >= 4 is 5.91 Å². The van der Waals surface area contributed by atoms with Crippen LogP contribution in [-0.2, 0) is 4.74 Å². The van der Waals surface area contributed by atoms with Crippen LogP contribution in [0.4, 0.5) is 0 Å². The quantitative estimate of drug-likeness (QED) is 0.758. The molecule has 0 aromatic carbocycles. The average molecular weight is 209 g/mol. The van der Waals surface area contributed by atoms with Gasteiger partial charge in [-0.25, -0.2) is 0 Å². The Hall–Kier alpha value is -1.29. The molecule has 0 spiro atoms. The largest absolute Gasteiger partial charge is 0.459 e. The van der Waals surface area contributed by atoms with E-state index < -0.39 is 0 Å². The van der Waals surface area contributed by atoms with Gasteiger partial charge in [-0.15, -0.1) is 0 Å². The van der Waals surface area contributed by atoms with Gasteiger partial charge in [0.2, 0.25) is 0 Å². The van der Waals surface area contributed by atoms with E-state index in [4.69, 9.17) is 9.15 Å². The van der Waals surface area contributed by atoms with Gasteiger partial charge in [-0.3, -0.25) is 4.79 Å². The molecule has 1 aliphatic rings. The molecule has 0 N–H and O–H groups in total. The summed E-state index contributed by atoms with van der Waals surface area (Å²) in [5, 5.41) is 0. The molecule has 1 atom stereocenters. The normalized spacial score (nSPS) is 20.9. The third-order valence-electron chi connectivity index (χ3n) is 2.73. The second-order valence-electron chi connectivity index (χ2n) is 3.73. The van der Waals surface area contributed by atoms with Crippen molar-refractivity contribution in [1.29, 1.82) is 0 Å². The summed E-state index contributed by atoms with van der Waals surface area (Å²) >= 11 is 0. The van der Waals surface area contributed by atoms with Crippen molar-refractivity contribution in [3.8, 4) is 0 Å². The summed E-state index contributed by atoms with van der Waals surface area (Å²) < 4.78 is 10.2. The summed E-state index contributed by atoms with van der Waals surface area (Å²) in [4.78, 5) is 13.8. The van der Waals surface area contributed by atoms with Crippen LogP contribution in [0, 0.1) is 0 Å². The minimum Gasteiger partial charge on any atom is -0.459 e. The van der Waals surface area contributed by atoms with E-state index in [2.05, 4.69) is 0 Å². The Labute approximate surface area is 88.8 Å². The molecule has 0 aliphatic carbocycles. The van der Waals surface area contributed by atoms with Gasteiger partial charge < -0.3 is 14.1 Å². The van der Waals surface area contributed by atoms with Crippen LogP contribution in [0.3, 0.4) is 0 Å². The number of nitrogens with zero attached hydrogens (tertiary/aromatic N) is 1. The maximum Gasteiger partial charge on any atom is 0.289 e. The van der Waals surface area contributed by atoms with Crippen LogP contribution in [-0.4, -0.2) is 37.1 Å². The van der Waals surface area contributed by atoms with E-state index in [0.29, 0.717) is 12.4 Å². The summed E-state index contributed by atoms with van der Waals surface area (Å²) in [6.07, 6.45) is 3.58. The van der Waals surface area contributed by atoms with Crippen LogP contribution in [0.1, 0.15) is 23.4 Å². The number of likely N-dealkylation sites (tertiary alicyclic amines) is 1. The molecule has 0 saturated carbocycles.